The molecule has 3 atom stereocenters. The van der Waals surface area contributed by atoms with Crippen molar-refractivity contribution in [3.8, 4) is 46.0 Å². The summed E-state index contributed by atoms with van der Waals surface area (Å²) in [5, 5.41) is 95.6. The predicted octanol–water partition coefficient (Wildman–Crippen LogP) is 6.70. The van der Waals surface area contributed by atoms with Crippen molar-refractivity contribution in [2.45, 2.75) is 38.5 Å². The second-order valence-corrected chi connectivity index (χ2v) is 12.4. The van der Waals surface area contributed by atoms with Gasteiger partial charge in [0.2, 0.25) is 0 Å². The molecule has 0 saturated carbocycles. The summed E-state index contributed by atoms with van der Waals surface area (Å²) < 4.78 is 0. The van der Waals surface area contributed by atoms with Crippen molar-refractivity contribution in [3.63, 3.8) is 0 Å². The van der Waals surface area contributed by atoms with Gasteiger partial charge in [-0.05, 0) is 85.9 Å². The first kappa shape index (κ1) is 34.5. The van der Waals surface area contributed by atoms with Crippen LogP contribution < -0.4 is 0 Å². The van der Waals surface area contributed by atoms with E-state index in [1.807, 2.05) is 13.8 Å². The SMILES string of the molecule is CC(C)=CCc1c(O)ccc(C(=O)C2C(c3c(O)cc(/C=C/c4ccc(O)cc4O)cc3O)C=C(CO)CC2c2ccc(O)cc2O)c1O. The number of aliphatic hydroxyl groups excluding tert-OH is 1. The fraction of sp³-hybridized carbons (Fsp3) is 0.205. The lowest BCUT2D eigenvalue weighted by Gasteiger charge is -2.37. The Morgan fingerprint density at radius 2 is 1.41 bits per heavy atom. The van der Waals surface area contributed by atoms with Crippen molar-refractivity contribution in [1.29, 1.82) is 0 Å². The summed E-state index contributed by atoms with van der Waals surface area (Å²) in [6.07, 6.45) is 6.64. The number of aromatic hydroxyl groups is 8. The number of allylic oxidation sites excluding steroid dienone is 3. The van der Waals surface area contributed by atoms with E-state index in [2.05, 4.69) is 0 Å². The molecule has 5 rings (SSSR count). The third kappa shape index (κ3) is 7.19. The van der Waals surface area contributed by atoms with Gasteiger partial charge in [-0.25, -0.2) is 0 Å². The van der Waals surface area contributed by atoms with Gasteiger partial charge < -0.3 is 46.0 Å². The van der Waals surface area contributed by atoms with Crippen LogP contribution >= 0.6 is 0 Å². The summed E-state index contributed by atoms with van der Waals surface area (Å²) in [6.45, 7) is 3.28. The number of carbonyl (C=O) groups is 1. The number of carbonyl (C=O) groups excluding carboxylic acids is 1. The minimum Gasteiger partial charge on any atom is -0.508 e. The highest BCUT2D eigenvalue weighted by Crippen LogP contribution is 2.53. The van der Waals surface area contributed by atoms with E-state index >= 15 is 0 Å². The molecule has 4 aromatic carbocycles. The van der Waals surface area contributed by atoms with Crippen LogP contribution in [0.5, 0.6) is 46.0 Å². The average molecular weight is 667 g/mol. The lowest BCUT2D eigenvalue weighted by atomic mass is 9.65. The van der Waals surface area contributed by atoms with Gasteiger partial charge in [-0.3, -0.25) is 4.79 Å². The van der Waals surface area contributed by atoms with Crippen LogP contribution in [0.3, 0.4) is 0 Å². The summed E-state index contributed by atoms with van der Waals surface area (Å²) >= 11 is 0. The van der Waals surface area contributed by atoms with E-state index in [9.17, 15) is 50.8 Å². The lowest BCUT2D eigenvalue weighted by Crippen LogP contribution is -2.32. The highest BCUT2D eigenvalue weighted by Gasteiger charge is 2.43. The summed E-state index contributed by atoms with van der Waals surface area (Å²) in [6, 6.07) is 13.3. The molecule has 254 valence electrons. The maximum Gasteiger partial charge on any atom is 0.171 e. The van der Waals surface area contributed by atoms with Crippen molar-refractivity contribution in [2.24, 2.45) is 5.92 Å². The number of hydrogen-bond acceptors (Lipinski definition) is 10. The monoisotopic (exact) mass is 666 g/mol. The van der Waals surface area contributed by atoms with Gasteiger partial charge in [0.1, 0.15) is 46.0 Å². The first-order valence-corrected chi connectivity index (χ1v) is 15.6. The van der Waals surface area contributed by atoms with Crippen molar-refractivity contribution in [1.82, 2.24) is 0 Å². The van der Waals surface area contributed by atoms with Crippen LogP contribution in [0.1, 0.15) is 70.3 Å². The van der Waals surface area contributed by atoms with Gasteiger partial charge >= 0.3 is 0 Å². The molecule has 10 heteroatoms. The maximum absolute atomic E-state index is 14.7. The van der Waals surface area contributed by atoms with Crippen molar-refractivity contribution < 1.29 is 50.8 Å². The molecule has 0 aromatic heterocycles. The smallest absolute Gasteiger partial charge is 0.171 e. The topological polar surface area (TPSA) is 199 Å². The molecule has 0 fully saturated rings. The molecular formula is C39H38O10. The Labute approximate surface area is 282 Å². The van der Waals surface area contributed by atoms with Gasteiger partial charge in [0.25, 0.3) is 0 Å². The summed E-state index contributed by atoms with van der Waals surface area (Å²) in [5.74, 6) is -5.99. The molecule has 1 aliphatic carbocycles. The molecule has 0 spiro atoms. The van der Waals surface area contributed by atoms with Crippen molar-refractivity contribution in [2.75, 3.05) is 6.61 Å². The van der Waals surface area contributed by atoms with Crippen LogP contribution in [0.4, 0.5) is 0 Å². The average Bonchev–Trinajstić information content (AvgIpc) is 3.03. The highest BCUT2D eigenvalue weighted by molar-refractivity contribution is 6.02. The lowest BCUT2D eigenvalue weighted by molar-refractivity contribution is 0.0874. The van der Waals surface area contributed by atoms with E-state index < -0.39 is 35.9 Å². The van der Waals surface area contributed by atoms with Crippen LogP contribution in [0.2, 0.25) is 0 Å². The number of Topliss-reactive ketones (excluding diaryl/α,β-unsaturated/α-hetero) is 1. The molecule has 1 aliphatic rings. The van der Waals surface area contributed by atoms with Crippen molar-refractivity contribution in [3.05, 3.63) is 117 Å². The molecule has 0 aliphatic heterocycles. The Balaban J connectivity index is 1.67. The number of phenols is 8. The minimum atomic E-state index is -1.18. The number of aliphatic hydroxyl groups is 1. The standard InChI is InChI=1S/C39H38O10/c1-20(2)3-9-27-31(43)12-11-28(38(27)48)39(49)36-29(26-10-8-25(42)18-33(26)45)13-22(19-40)14-30(36)37-34(46)15-21(16-35(37)47)4-5-23-6-7-24(41)17-32(23)44/h3-8,10-12,14-18,29-30,36,40-48H,9,13,19H2,1-2H3/b5-4+. The molecule has 4 aromatic rings. The Bertz CT molecular complexity index is 1980. The van der Waals surface area contributed by atoms with Gasteiger partial charge in [0.05, 0.1) is 12.2 Å². The van der Waals surface area contributed by atoms with E-state index in [1.165, 1.54) is 66.7 Å². The van der Waals surface area contributed by atoms with Gasteiger partial charge in [-0.2, -0.15) is 0 Å². The zero-order valence-corrected chi connectivity index (χ0v) is 26.9. The van der Waals surface area contributed by atoms with E-state index in [4.69, 9.17) is 0 Å². The van der Waals surface area contributed by atoms with Crippen LogP contribution in [0.15, 0.2) is 84.0 Å². The van der Waals surface area contributed by atoms with E-state index in [1.54, 1.807) is 12.2 Å². The van der Waals surface area contributed by atoms with Crippen LogP contribution in [0, 0.1) is 5.92 Å². The molecular weight excluding hydrogens is 628 g/mol. The first-order chi connectivity index (χ1) is 23.3. The van der Waals surface area contributed by atoms with Crippen LogP contribution in [-0.2, 0) is 6.42 Å². The molecule has 0 heterocycles. The van der Waals surface area contributed by atoms with Gasteiger partial charge in [0, 0.05) is 46.6 Å². The molecule has 9 N–H and O–H groups in total. The Kier molecular flexibility index (Phi) is 9.91. The van der Waals surface area contributed by atoms with E-state index in [0.29, 0.717) is 16.7 Å². The van der Waals surface area contributed by atoms with Gasteiger partial charge in [-0.15, -0.1) is 0 Å². The van der Waals surface area contributed by atoms with Gasteiger partial charge in [-0.1, -0.05) is 35.9 Å². The minimum absolute atomic E-state index is 0.0417. The second kappa shape index (κ2) is 14.1. The summed E-state index contributed by atoms with van der Waals surface area (Å²) in [4.78, 5) is 14.7. The van der Waals surface area contributed by atoms with E-state index in [0.717, 1.165) is 11.6 Å². The Morgan fingerprint density at radius 1 is 0.755 bits per heavy atom. The number of hydrogen-bond donors (Lipinski definition) is 9. The largest absolute Gasteiger partial charge is 0.508 e. The fourth-order valence-electron chi connectivity index (χ4n) is 6.41. The van der Waals surface area contributed by atoms with Crippen molar-refractivity contribution >= 4 is 17.9 Å². The normalized spacial score (nSPS) is 17.5. The zero-order valence-electron chi connectivity index (χ0n) is 26.9. The number of phenolic OH excluding ortho intramolecular Hbond substituents is 8. The molecule has 3 unspecified atom stereocenters. The zero-order chi connectivity index (χ0) is 35.6. The Morgan fingerprint density at radius 3 is 2.02 bits per heavy atom. The first-order valence-electron chi connectivity index (χ1n) is 15.6. The number of ketones is 1. The van der Waals surface area contributed by atoms with Gasteiger partial charge in [0.15, 0.2) is 5.78 Å². The van der Waals surface area contributed by atoms with Crippen LogP contribution in [-0.4, -0.2) is 58.3 Å². The number of rotatable bonds is 9. The third-order valence-electron chi connectivity index (χ3n) is 8.84. The maximum atomic E-state index is 14.7. The summed E-state index contributed by atoms with van der Waals surface area (Å²) in [5.41, 5.74) is 2.31. The van der Waals surface area contributed by atoms with Crippen LogP contribution in [0.25, 0.3) is 12.2 Å². The summed E-state index contributed by atoms with van der Waals surface area (Å²) in [7, 11) is 0. The Hall–Kier alpha value is -5.87. The molecule has 49 heavy (non-hydrogen) atoms. The molecule has 0 amide bonds. The second-order valence-electron chi connectivity index (χ2n) is 12.4. The predicted molar refractivity (Wildman–Crippen MR) is 184 cm³/mol. The van der Waals surface area contributed by atoms with E-state index in [-0.39, 0.29) is 75.3 Å². The molecule has 0 saturated heterocycles. The third-order valence-corrected chi connectivity index (χ3v) is 8.84. The fourth-order valence-corrected chi connectivity index (χ4v) is 6.41. The molecule has 0 radical (unpaired) electrons. The molecule has 10 nitrogen and oxygen atoms in total. The quantitative estimate of drug-likeness (QED) is 0.0526. The number of benzene rings is 4. The highest BCUT2D eigenvalue weighted by atomic mass is 16.3. The molecule has 0 bridgehead atoms.